The number of ether oxygens (including phenoxy) is 3. The third-order valence-electron chi connectivity index (χ3n) is 1.81. The number of rotatable bonds is 8. The van der Waals surface area contributed by atoms with Crippen molar-refractivity contribution in [1.82, 2.24) is 0 Å². The van der Waals surface area contributed by atoms with Gasteiger partial charge in [0.25, 0.3) is 0 Å². The smallest absolute Gasteiger partial charge is 0.333 e. The Bertz CT molecular complexity index is 296. The van der Waals surface area contributed by atoms with Gasteiger partial charge in [-0.3, -0.25) is 4.79 Å². The van der Waals surface area contributed by atoms with Crippen molar-refractivity contribution in [3.05, 3.63) is 24.8 Å². The summed E-state index contributed by atoms with van der Waals surface area (Å²) >= 11 is 0. The average Bonchev–Trinajstić information content (AvgIpc) is 2.40. The molecule has 0 aliphatic heterocycles. The molecule has 0 amide bonds. The maximum atomic E-state index is 11.1. The minimum absolute atomic E-state index is 0.118. The highest BCUT2D eigenvalue weighted by atomic mass is 16.6. The normalized spacial score (nSPS) is 10.7. The van der Waals surface area contributed by atoms with Crippen LogP contribution in [0.2, 0.25) is 0 Å². The van der Waals surface area contributed by atoms with Crippen molar-refractivity contribution in [3.8, 4) is 0 Å². The molecule has 0 aromatic rings. The van der Waals surface area contributed by atoms with Gasteiger partial charge in [0.2, 0.25) is 0 Å². The molecule has 6 nitrogen and oxygen atoms in total. The molecule has 0 spiro atoms. The lowest BCUT2D eigenvalue weighted by molar-refractivity contribution is -0.144. The van der Waals surface area contributed by atoms with Crippen LogP contribution in [0.15, 0.2) is 24.8 Å². The molecule has 0 bridgehead atoms. The first kappa shape index (κ1) is 19.8. The molecule has 0 fully saturated rings. The number of ketones is 1. The summed E-state index contributed by atoms with van der Waals surface area (Å²) in [5.74, 6) is -0.856. The Balaban J connectivity index is 0. The fraction of sp³-hybridized carbons (Fsp3) is 0.538. The lowest BCUT2D eigenvalue weighted by atomic mass is 10.2. The molecule has 0 aromatic heterocycles. The van der Waals surface area contributed by atoms with Gasteiger partial charge in [-0.05, 0) is 13.0 Å². The molecule has 110 valence electrons. The third-order valence-corrected chi connectivity index (χ3v) is 1.81. The van der Waals surface area contributed by atoms with Crippen LogP contribution in [0.3, 0.4) is 0 Å². The number of carbonyl (C=O) groups is 2. The molecule has 0 radical (unpaired) electrons. The van der Waals surface area contributed by atoms with Gasteiger partial charge in [-0.2, -0.15) is 0 Å². The molecule has 1 N–H and O–H groups in total. The van der Waals surface area contributed by atoms with E-state index in [2.05, 4.69) is 17.9 Å². The van der Waals surface area contributed by atoms with Gasteiger partial charge in [-0.1, -0.05) is 13.2 Å². The van der Waals surface area contributed by atoms with E-state index in [1.54, 1.807) is 7.11 Å². The van der Waals surface area contributed by atoms with Crippen LogP contribution < -0.4 is 0 Å². The van der Waals surface area contributed by atoms with E-state index < -0.39 is 12.1 Å². The van der Waals surface area contributed by atoms with Crippen LogP contribution in [0.5, 0.6) is 0 Å². The highest BCUT2D eigenvalue weighted by Crippen LogP contribution is 1.98. The topological polar surface area (TPSA) is 82.1 Å². The van der Waals surface area contributed by atoms with E-state index in [1.807, 2.05) is 0 Å². The van der Waals surface area contributed by atoms with Gasteiger partial charge in [0.15, 0.2) is 11.9 Å². The average molecular weight is 274 g/mol. The molecule has 0 aliphatic carbocycles. The predicted molar refractivity (Wildman–Crippen MR) is 70.7 cm³/mol. The van der Waals surface area contributed by atoms with Crippen LogP contribution in [0.25, 0.3) is 0 Å². The second-order valence-electron chi connectivity index (χ2n) is 3.43. The molecule has 0 saturated carbocycles. The molecule has 0 saturated heterocycles. The minimum atomic E-state index is -0.782. The number of hydrogen-bond donors (Lipinski definition) is 1. The van der Waals surface area contributed by atoms with Crippen molar-refractivity contribution in [2.45, 2.75) is 13.0 Å². The number of aliphatic hydroxyl groups is 1. The lowest BCUT2D eigenvalue weighted by Gasteiger charge is -2.12. The van der Waals surface area contributed by atoms with Crippen LogP contribution in [-0.4, -0.2) is 57.0 Å². The highest BCUT2D eigenvalue weighted by Gasteiger charge is 2.16. The Morgan fingerprint density at radius 3 is 2.21 bits per heavy atom. The first-order chi connectivity index (χ1) is 8.94. The van der Waals surface area contributed by atoms with E-state index >= 15 is 0 Å². The number of esters is 1. The molecule has 0 rings (SSSR count). The van der Waals surface area contributed by atoms with Gasteiger partial charge in [-0.25, -0.2) is 4.79 Å². The van der Waals surface area contributed by atoms with E-state index in [0.717, 1.165) is 6.08 Å². The predicted octanol–water partition coefficient (Wildman–Crippen LogP) is 0.501. The van der Waals surface area contributed by atoms with Crippen molar-refractivity contribution in [3.63, 3.8) is 0 Å². The SMILES string of the molecule is C=CC(=O)C(COC(=O)C(=C)C)OC.COCCO. The Hall–Kier alpha value is -1.50. The largest absolute Gasteiger partial charge is 0.459 e. The molecule has 0 aliphatic rings. The zero-order chi connectivity index (χ0) is 15.3. The van der Waals surface area contributed by atoms with Gasteiger partial charge < -0.3 is 19.3 Å². The summed E-state index contributed by atoms with van der Waals surface area (Å²) in [6.07, 6.45) is 0.346. The van der Waals surface area contributed by atoms with E-state index in [-0.39, 0.29) is 24.6 Å². The van der Waals surface area contributed by atoms with Gasteiger partial charge >= 0.3 is 5.97 Å². The zero-order valence-corrected chi connectivity index (χ0v) is 11.7. The van der Waals surface area contributed by atoms with Crippen LogP contribution in [0, 0.1) is 0 Å². The number of hydrogen-bond acceptors (Lipinski definition) is 6. The second-order valence-corrected chi connectivity index (χ2v) is 3.43. The number of carbonyl (C=O) groups excluding carboxylic acids is 2. The number of methoxy groups -OCH3 is 2. The Kier molecular flexibility index (Phi) is 13.5. The lowest BCUT2D eigenvalue weighted by Crippen LogP contribution is -2.28. The summed E-state index contributed by atoms with van der Waals surface area (Å²) in [5, 5.41) is 7.94. The summed E-state index contributed by atoms with van der Waals surface area (Å²) in [6, 6.07) is 0. The number of aliphatic hydroxyl groups excluding tert-OH is 1. The van der Waals surface area contributed by atoms with Gasteiger partial charge in [0, 0.05) is 19.8 Å². The molecule has 1 atom stereocenters. The van der Waals surface area contributed by atoms with Crippen LogP contribution >= 0.6 is 0 Å². The van der Waals surface area contributed by atoms with E-state index in [0.29, 0.717) is 6.61 Å². The molecule has 19 heavy (non-hydrogen) atoms. The van der Waals surface area contributed by atoms with E-state index in [1.165, 1.54) is 14.0 Å². The summed E-state index contributed by atoms with van der Waals surface area (Å²) in [5.41, 5.74) is 0.283. The molecular formula is C13H22O6. The fourth-order valence-corrected chi connectivity index (χ4v) is 0.764. The van der Waals surface area contributed by atoms with Crippen molar-refractivity contribution >= 4 is 11.8 Å². The monoisotopic (exact) mass is 274 g/mol. The summed E-state index contributed by atoms with van der Waals surface area (Å²) in [6.45, 7) is 8.68. The first-order valence-corrected chi connectivity index (χ1v) is 5.56. The standard InChI is InChI=1S/C10H14O4.C3H8O2/c1-5-8(11)9(13-4)6-14-10(12)7(2)3;1-5-3-2-4/h5,9H,1-2,6H2,3-4H3;4H,2-3H2,1H3. The van der Waals surface area contributed by atoms with Crippen molar-refractivity contribution in [2.24, 2.45) is 0 Å². The van der Waals surface area contributed by atoms with Gasteiger partial charge in [0.1, 0.15) is 6.61 Å². The summed E-state index contributed by atoms with van der Waals surface area (Å²) in [4.78, 5) is 22.0. The van der Waals surface area contributed by atoms with E-state index in [4.69, 9.17) is 14.6 Å². The van der Waals surface area contributed by atoms with Crippen LogP contribution in [0.4, 0.5) is 0 Å². The van der Waals surface area contributed by atoms with Gasteiger partial charge in [0.05, 0.1) is 13.2 Å². The highest BCUT2D eigenvalue weighted by molar-refractivity contribution is 5.93. The van der Waals surface area contributed by atoms with Crippen molar-refractivity contribution in [1.29, 1.82) is 0 Å². The third kappa shape index (κ3) is 11.3. The molecule has 0 heterocycles. The van der Waals surface area contributed by atoms with Crippen LogP contribution in [-0.2, 0) is 23.8 Å². The quantitative estimate of drug-likeness (QED) is 0.513. The zero-order valence-electron chi connectivity index (χ0n) is 11.7. The van der Waals surface area contributed by atoms with Crippen molar-refractivity contribution in [2.75, 3.05) is 34.0 Å². The molecular weight excluding hydrogens is 252 g/mol. The molecule has 6 heteroatoms. The fourth-order valence-electron chi connectivity index (χ4n) is 0.764. The Morgan fingerprint density at radius 2 is 1.95 bits per heavy atom. The summed E-state index contributed by atoms with van der Waals surface area (Å²) in [7, 11) is 2.91. The van der Waals surface area contributed by atoms with Gasteiger partial charge in [-0.15, -0.1) is 0 Å². The molecule has 0 aromatic carbocycles. The van der Waals surface area contributed by atoms with E-state index in [9.17, 15) is 9.59 Å². The maximum absolute atomic E-state index is 11.1. The summed E-state index contributed by atoms with van der Waals surface area (Å²) < 4.78 is 14.0. The van der Waals surface area contributed by atoms with Crippen molar-refractivity contribution < 1.29 is 28.9 Å². The Morgan fingerprint density at radius 1 is 1.37 bits per heavy atom. The first-order valence-electron chi connectivity index (χ1n) is 5.56. The minimum Gasteiger partial charge on any atom is -0.459 e. The molecule has 1 unspecified atom stereocenters. The Labute approximate surface area is 113 Å². The van der Waals surface area contributed by atoms with Crippen LogP contribution in [0.1, 0.15) is 6.92 Å². The second kappa shape index (κ2) is 12.9. The maximum Gasteiger partial charge on any atom is 0.333 e.